The number of hydrogen-bond acceptors (Lipinski definition) is 6. The summed E-state index contributed by atoms with van der Waals surface area (Å²) in [5.74, 6) is -2.75. The second kappa shape index (κ2) is 13.1. The summed E-state index contributed by atoms with van der Waals surface area (Å²) in [6.07, 6.45) is 10.4. The van der Waals surface area contributed by atoms with Crippen molar-refractivity contribution in [3.05, 3.63) is 63.7 Å². The molecule has 1 atom stereocenters. The van der Waals surface area contributed by atoms with Gasteiger partial charge in [0.25, 0.3) is 0 Å². The lowest BCUT2D eigenvalue weighted by Gasteiger charge is -2.29. The van der Waals surface area contributed by atoms with E-state index in [1.54, 1.807) is 11.3 Å². The average molecular weight is 540 g/mol. The van der Waals surface area contributed by atoms with Crippen LogP contribution in [0, 0.1) is 5.92 Å². The molecular formula is C29H33NO5S2. The van der Waals surface area contributed by atoms with Crippen molar-refractivity contribution in [2.45, 2.75) is 50.9 Å². The molecule has 1 aromatic carbocycles. The number of carbonyl (C=O) groups is 3. The fourth-order valence-corrected chi connectivity index (χ4v) is 7.12. The van der Waals surface area contributed by atoms with Crippen molar-refractivity contribution in [2.75, 3.05) is 19.6 Å². The maximum atomic E-state index is 13.4. The molecule has 1 aliphatic heterocycles. The highest BCUT2D eigenvalue weighted by atomic mass is 32.1. The summed E-state index contributed by atoms with van der Waals surface area (Å²) in [6.45, 7) is 3.09. The number of hydrogen-bond donors (Lipinski definition) is 2. The number of fused-ring (bicyclic) bond motifs is 1. The molecular weight excluding hydrogens is 506 g/mol. The highest BCUT2D eigenvalue weighted by Crippen LogP contribution is 2.35. The molecule has 5 rings (SSSR count). The minimum absolute atomic E-state index is 0.0911. The van der Waals surface area contributed by atoms with Crippen molar-refractivity contribution in [3.63, 3.8) is 0 Å². The summed E-state index contributed by atoms with van der Waals surface area (Å²) in [6, 6.07) is 13.1. The van der Waals surface area contributed by atoms with Gasteiger partial charge in [0.2, 0.25) is 0 Å². The van der Waals surface area contributed by atoms with Gasteiger partial charge in [-0.2, -0.15) is 0 Å². The number of rotatable bonds is 7. The summed E-state index contributed by atoms with van der Waals surface area (Å²) in [5, 5.41) is 20.4. The van der Waals surface area contributed by atoms with Gasteiger partial charge in [-0.25, -0.2) is 9.59 Å². The second-order valence-electron chi connectivity index (χ2n) is 9.63. The Morgan fingerprint density at radius 2 is 1.73 bits per heavy atom. The third kappa shape index (κ3) is 7.15. The zero-order valence-electron chi connectivity index (χ0n) is 20.8. The number of carbonyl (C=O) groups excluding carboxylic acids is 1. The molecule has 2 aliphatic rings. The molecule has 6 nitrogen and oxygen atoms in total. The molecule has 1 fully saturated rings. The number of ketones is 1. The van der Waals surface area contributed by atoms with Gasteiger partial charge >= 0.3 is 11.9 Å². The van der Waals surface area contributed by atoms with Gasteiger partial charge in [-0.3, -0.25) is 9.69 Å². The predicted octanol–water partition coefficient (Wildman–Crippen LogP) is 6.53. The van der Waals surface area contributed by atoms with Crippen LogP contribution >= 0.6 is 22.7 Å². The lowest BCUT2D eigenvalue weighted by Crippen LogP contribution is -2.32. The second-order valence-corrected chi connectivity index (χ2v) is 11.5. The van der Waals surface area contributed by atoms with Crippen molar-refractivity contribution in [2.24, 2.45) is 5.92 Å². The SMILES string of the molecule is O=C(C1CCCCC1)C(CCN1CC=C(c2cccc3ccsc23)CC1)c1cccs1.O=C(O)C(=O)O. The zero-order valence-corrected chi connectivity index (χ0v) is 22.4. The third-order valence-electron chi connectivity index (χ3n) is 7.27. The Morgan fingerprint density at radius 1 is 0.946 bits per heavy atom. The molecule has 0 radical (unpaired) electrons. The van der Waals surface area contributed by atoms with E-state index in [9.17, 15) is 4.79 Å². The van der Waals surface area contributed by atoms with Crippen molar-refractivity contribution < 1.29 is 24.6 Å². The number of benzene rings is 1. The van der Waals surface area contributed by atoms with E-state index in [4.69, 9.17) is 19.8 Å². The first-order chi connectivity index (χ1) is 17.9. The minimum atomic E-state index is -1.82. The van der Waals surface area contributed by atoms with E-state index in [-0.39, 0.29) is 5.92 Å². The van der Waals surface area contributed by atoms with Gasteiger partial charge in [0.05, 0.1) is 5.92 Å². The molecule has 8 heteroatoms. The van der Waals surface area contributed by atoms with Crippen LogP contribution in [-0.2, 0) is 14.4 Å². The van der Waals surface area contributed by atoms with Crippen LogP contribution in [0.3, 0.4) is 0 Å². The fourth-order valence-electron chi connectivity index (χ4n) is 5.30. The van der Waals surface area contributed by atoms with Gasteiger partial charge < -0.3 is 10.2 Å². The van der Waals surface area contributed by atoms with Crippen LogP contribution in [-0.4, -0.2) is 52.5 Å². The topological polar surface area (TPSA) is 94.9 Å². The first-order valence-corrected chi connectivity index (χ1v) is 14.6. The van der Waals surface area contributed by atoms with E-state index in [0.717, 1.165) is 45.3 Å². The van der Waals surface area contributed by atoms with E-state index in [0.29, 0.717) is 11.7 Å². The van der Waals surface area contributed by atoms with Crippen LogP contribution < -0.4 is 0 Å². The van der Waals surface area contributed by atoms with Crippen molar-refractivity contribution in [1.82, 2.24) is 4.90 Å². The number of thiophene rings is 2. The largest absolute Gasteiger partial charge is 0.473 e. The van der Waals surface area contributed by atoms with Crippen molar-refractivity contribution in [3.8, 4) is 0 Å². The summed E-state index contributed by atoms with van der Waals surface area (Å²) in [7, 11) is 0. The lowest BCUT2D eigenvalue weighted by atomic mass is 9.80. The molecule has 1 aliphatic carbocycles. The molecule has 1 saturated carbocycles. The summed E-state index contributed by atoms with van der Waals surface area (Å²) in [5.41, 5.74) is 2.90. The average Bonchev–Trinajstić information content (AvgIpc) is 3.62. The van der Waals surface area contributed by atoms with Gasteiger partial charge in [-0.1, -0.05) is 49.6 Å². The van der Waals surface area contributed by atoms with E-state index in [1.165, 1.54) is 45.4 Å². The Balaban J connectivity index is 0.000000480. The highest BCUT2D eigenvalue weighted by Gasteiger charge is 2.30. The quantitative estimate of drug-likeness (QED) is 0.332. The molecule has 2 N–H and O–H groups in total. The number of carboxylic acids is 2. The third-order valence-corrected chi connectivity index (χ3v) is 9.22. The standard InChI is InChI=1S/C27H31NOS2.C2H2O4/c29-26(21-6-2-1-3-7-21)24(25-10-5-18-30-25)13-17-28-15-11-20(12-16-28)23-9-4-8-22-14-19-31-27(22)23;3-1(4)2(5)6/h4-5,8-11,14,18-19,21,24H,1-3,6-7,12-13,15-17H2;(H,3,4)(H,5,6). The summed E-state index contributed by atoms with van der Waals surface area (Å²) < 4.78 is 1.41. The Bertz CT molecular complexity index is 1230. The monoisotopic (exact) mass is 539 g/mol. The maximum Gasteiger partial charge on any atom is 0.414 e. The van der Waals surface area contributed by atoms with Crippen LogP contribution in [0.1, 0.15) is 61.3 Å². The van der Waals surface area contributed by atoms with Gasteiger partial charge in [0.1, 0.15) is 5.78 Å². The number of aliphatic carboxylic acids is 2. The molecule has 37 heavy (non-hydrogen) atoms. The Morgan fingerprint density at radius 3 is 2.38 bits per heavy atom. The zero-order chi connectivity index (χ0) is 26.2. The molecule has 0 amide bonds. The van der Waals surface area contributed by atoms with E-state index < -0.39 is 11.9 Å². The summed E-state index contributed by atoms with van der Waals surface area (Å²) >= 11 is 3.61. The van der Waals surface area contributed by atoms with Crippen LogP contribution in [0.15, 0.2) is 53.2 Å². The Kier molecular flexibility index (Phi) is 9.66. The van der Waals surface area contributed by atoms with Crippen molar-refractivity contribution >= 4 is 56.1 Å². The lowest BCUT2D eigenvalue weighted by molar-refractivity contribution is -0.159. The molecule has 1 unspecified atom stereocenters. The smallest absolute Gasteiger partial charge is 0.414 e. The van der Waals surface area contributed by atoms with Gasteiger partial charge in [-0.05, 0) is 71.6 Å². The summed E-state index contributed by atoms with van der Waals surface area (Å²) in [4.78, 5) is 35.4. The van der Waals surface area contributed by atoms with Gasteiger partial charge in [0, 0.05) is 28.6 Å². The van der Waals surface area contributed by atoms with Crippen molar-refractivity contribution in [1.29, 1.82) is 0 Å². The maximum absolute atomic E-state index is 13.4. The Hall–Kier alpha value is -2.81. The van der Waals surface area contributed by atoms with E-state index in [2.05, 4.69) is 58.1 Å². The van der Waals surface area contributed by atoms with Crippen LogP contribution in [0.4, 0.5) is 0 Å². The first kappa shape index (κ1) is 27.2. The normalized spacial score (nSPS) is 17.5. The van der Waals surface area contributed by atoms with E-state index >= 15 is 0 Å². The highest BCUT2D eigenvalue weighted by molar-refractivity contribution is 7.17. The molecule has 0 spiro atoms. The van der Waals surface area contributed by atoms with Crippen LogP contribution in [0.5, 0.6) is 0 Å². The number of carboxylic acid groups (broad SMARTS) is 2. The van der Waals surface area contributed by atoms with Crippen LogP contribution in [0.25, 0.3) is 15.7 Å². The molecule has 0 bridgehead atoms. The number of Topliss-reactive ketones (excluding diaryl/α,β-unsaturated/α-hetero) is 1. The van der Waals surface area contributed by atoms with Crippen LogP contribution in [0.2, 0.25) is 0 Å². The number of nitrogens with zero attached hydrogens (tertiary/aromatic N) is 1. The van der Waals surface area contributed by atoms with E-state index in [1.807, 2.05) is 11.3 Å². The first-order valence-electron chi connectivity index (χ1n) is 12.9. The van der Waals surface area contributed by atoms with Gasteiger partial charge in [-0.15, -0.1) is 22.7 Å². The molecule has 2 aromatic heterocycles. The molecule has 0 saturated heterocycles. The predicted molar refractivity (Wildman–Crippen MR) is 149 cm³/mol. The Labute approximate surface area is 225 Å². The fraction of sp³-hybridized carbons (Fsp3) is 0.414. The molecule has 3 aromatic rings. The molecule has 196 valence electrons. The van der Waals surface area contributed by atoms with Gasteiger partial charge in [0.15, 0.2) is 0 Å². The minimum Gasteiger partial charge on any atom is -0.473 e. The molecule has 3 heterocycles.